The minimum atomic E-state index is -0.0921. The third kappa shape index (κ3) is 3.40. The zero-order valence-corrected chi connectivity index (χ0v) is 15.9. The Morgan fingerprint density at radius 1 is 1.19 bits per heavy atom. The summed E-state index contributed by atoms with van der Waals surface area (Å²) < 4.78 is 5.41. The zero-order chi connectivity index (χ0) is 18.8. The predicted molar refractivity (Wildman–Crippen MR) is 106 cm³/mol. The largest absolute Gasteiger partial charge is 0.350 e. The number of hydrogen-bond acceptors (Lipinski definition) is 4. The molecule has 140 valence electrons. The van der Waals surface area contributed by atoms with E-state index >= 15 is 0 Å². The lowest BCUT2D eigenvalue weighted by atomic mass is 10.3. The van der Waals surface area contributed by atoms with Crippen molar-refractivity contribution in [3.05, 3.63) is 58.2 Å². The Morgan fingerprint density at radius 3 is 2.63 bits per heavy atom. The number of para-hydroxylation sites is 2. The molecule has 3 aromatic heterocycles. The molecule has 27 heavy (non-hydrogen) atoms. The van der Waals surface area contributed by atoms with Crippen LogP contribution in [0.2, 0.25) is 0 Å². The Kier molecular flexibility index (Phi) is 4.81. The van der Waals surface area contributed by atoms with Crippen molar-refractivity contribution in [1.82, 2.24) is 23.8 Å². The van der Waals surface area contributed by atoms with E-state index in [1.165, 1.54) is 0 Å². The van der Waals surface area contributed by atoms with Crippen molar-refractivity contribution in [3.8, 4) is 0 Å². The lowest BCUT2D eigenvalue weighted by Gasteiger charge is -2.05. The molecule has 8 heteroatoms. The highest BCUT2D eigenvalue weighted by Crippen LogP contribution is 2.14. The van der Waals surface area contributed by atoms with Crippen LogP contribution in [-0.4, -0.2) is 24.4 Å². The number of nitrogens with one attached hydrogen (secondary N) is 1. The van der Waals surface area contributed by atoms with Gasteiger partial charge in [-0.15, -0.1) is 11.3 Å². The fourth-order valence-corrected chi connectivity index (χ4v) is 4.00. The summed E-state index contributed by atoms with van der Waals surface area (Å²) in [5.74, 6) is -0.0921. The standard InChI is InChI=1S/C19H21N5O2S/c1-2-8-23-15-5-3-4-6-16(15)24(19(23)26)9-7-17(25)20-12-14-13-22-10-11-27-18(22)21-14/h3-6,10-11,13H,2,7-9,12H2,1H3,(H,20,25). The second kappa shape index (κ2) is 7.40. The molecule has 7 nitrogen and oxygen atoms in total. The molecule has 4 aromatic rings. The predicted octanol–water partition coefficient (Wildman–Crippen LogP) is 2.63. The van der Waals surface area contributed by atoms with Crippen LogP contribution in [0.15, 0.2) is 46.8 Å². The van der Waals surface area contributed by atoms with Crippen molar-refractivity contribution in [2.24, 2.45) is 0 Å². The Morgan fingerprint density at radius 2 is 1.93 bits per heavy atom. The molecule has 0 aliphatic heterocycles. The highest BCUT2D eigenvalue weighted by molar-refractivity contribution is 7.15. The molecular formula is C19H21N5O2S. The molecule has 0 saturated heterocycles. The molecule has 0 radical (unpaired) electrons. The van der Waals surface area contributed by atoms with E-state index in [0.29, 0.717) is 19.6 Å². The van der Waals surface area contributed by atoms with E-state index in [0.717, 1.165) is 28.1 Å². The normalized spacial score (nSPS) is 11.4. The minimum Gasteiger partial charge on any atom is -0.350 e. The number of aryl methyl sites for hydroxylation is 2. The molecule has 0 atom stereocenters. The Bertz CT molecular complexity index is 1120. The number of amides is 1. The van der Waals surface area contributed by atoms with Gasteiger partial charge in [-0.25, -0.2) is 9.78 Å². The van der Waals surface area contributed by atoms with E-state index in [-0.39, 0.29) is 18.0 Å². The summed E-state index contributed by atoms with van der Waals surface area (Å²) in [6, 6.07) is 7.73. The molecule has 1 N–H and O–H groups in total. The molecule has 4 rings (SSSR count). The first-order chi connectivity index (χ1) is 13.2. The Labute approximate surface area is 159 Å². The summed E-state index contributed by atoms with van der Waals surface area (Å²) in [5, 5.41) is 4.86. The van der Waals surface area contributed by atoms with E-state index in [1.54, 1.807) is 20.5 Å². The van der Waals surface area contributed by atoms with Gasteiger partial charge >= 0.3 is 5.69 Å². The second-order valence-electron chi connectivity index (χ2n) is 6.43. The van der Waals surface area contributed by atoms with Crippen LogP contribution in [0.1, 0.15) is 25.5 Å². The number of thiazole rings is 1. The van der Waals surface area contributed by atoms with Gasteiger partial charge in [-0.1, -0.05) is 19.1 Å². The first-order valence-electron chi connectivity index (χ1n) is 9.03. The van der Waals surface area contributed by atoms with Crippen molar-refractivity contribution in [2.75, 3.05) is 0 Å². The van der Waals surface area contributed by atoms with Crippen molar-refractivity contribution in [1.29, 1.82) is 0 Å². The maximum Gasteiger partial charge on any atom is 0.329 e. The summed E-state index contributed by atoms with van der Waals surface area (Å²) in [4.78, 5) is 30.3. The maximum atomic E-state index is 12.7. The van der Waals surface area contributed by atoms with Gasteiger partial charge in [0.15, 0.2) is 4.96 Å². The SMILES string of the molecule is CCCn1c(=O)n(CCC(=O)NCc2cn3ccsc3n2)c2ccccc21. The van der Waals surface area contributed by atoms with Gasteiger partial charge in [0.05, 0.1) is 23.3 Å². The number of nitrogens with zero attached hydrogens (tertiary/aromatic N) is 4. The van der Waals surface area contributed by atoms with Gasteiger partial charge in [0, 0.05) is 37.3 Å². The van der Waals surface area contributed by atoms with E-state index in [4.69, 9.17) is 0 Å². The molecule has 1 amide bonds. The van der Waals surface area contributed by atoms with Crippen molar-refractivity contribution in [2.45, 2.75) is 39.4 Å². The Hall–Kier alpha value is -2.87. The van der Waals surface area contributed by atoms with Gasteiger partial charge in [-0.2, -0.15) is 0 Å². The molecule has 0 fully saturated rings. The molecule has 0 aliphatic carbocycles. The lowest BCUT2D eigenvalue weighted by molar-refractivity contribution is -0.121. The molecule has 3 heterocycles. The fourth-order valence-electron chi connectivity index (χ4n) is 3.28. The molecule has 0 bridgehead atoms. The van der Waals surface area contributed by atoms with Gasteiger partial charge < -0.3 is 5.32 Å². The van der Waals surface area contributed by atoms with Crippen LogP contribution in [-0.2, 0) is 24.4 Å². The Balaban J connectivity index is 1.43. The highest BCUT2D eigenvalue weighted by atomic mass is 32.1. The van der Waals surface area contributed by atoms with Crippen LogP contribution in [0, 0.1) is 0 Å². The summed E-state index contributed by atoms with van der Waals surface area (Å²) in [7, 11) is 0. The number of aromatic nitrogens is 4. The van der Waals surface area contributed by atoms with Crippen molar-refractivity contribution in [3.63, 3.8) is 0 Å². The topological polar surface area (TPSA) is 73.3 Å². The van der Waals surface area contributed by atoms with E-state index in [1.807, 2.05) is 53.4 Å². The summed E-state index contributed by atoms with van der Waals surface area (Å²) in [5.41, 5.74) is 2.56. The average molecular weight is 383 g/mol. The molecule has 0 spiro atoms. The summed E-state index contributed by atoms with van der Waals surface area (Å²) in [6.07, 6.45) is 4.99. The number of imidazole rings is 2. The van der Waals surface area contributed by atoms with Gasteiger partial charge in [0.25, 0.3) is 0 Å². The lowest BCUT2D eigenvalue weighted by Crippen LogP contribution is -2.28. The number of benzene rings is 1. The van der Waals surface area contributed by atoms with Crippen LogP contribution in [0.4, 0.5) is 0 Å². The van der Waals surface area contributed by atoms with Crippen LogP contribution < -0.4 is 11.0 Å². The first kappa shape index (κ1) is 17.5. The number of hydrogen-bond donors (Lipinski definition) is 1. The maximum absolute atomic E-state index is 12.7. The van der Waals surface area contributed by atoms with E-state index in [9.17, 15) is 9.59 Å². The number of fused-ring (bicyclic) bond motifs is 2. The van der Waals surface area contributed by atoms with Crippen LogP contribution in [0.5, 0.6) is 0 Å². The quantitative estimate of drug-likeness (QED) is 0.533. The molecule has 0 aliphatic rings. The second-order valence-corrected chi connectivity index (χ2v) is 7.30. The third-order valence-corrected chi connectivity index (χ3v) is 5.32. The minimum absolute atomic E-state index is 0.0554. The molecule has 0 unspecified atom stereocenters. The molecular weight excluding hydrogens is 362 g/mol. The zero-order valence-electron chi connectivity index (χ0n) is 15.1. The molecule has 1 aromatic carbocycles. The summed E-state index contributed by atoms with van der Waals surface area (Å²) >= 11 is 1.56. The number of carbonyl (C=O) groups is 1. The van der Waals surface area contributed by atoms with Gasteiger partial charge in [-0.05, 0) is 18.6 Å². The van der Waals surface area contributed by atoms with Crippen molar-refractivity contribution >= 4 is 33.2 Å². The van der Waals surface area contributed by atoms with E-state index < -0.39 is 0 Å². The number of carbonyl (C=O) groups excluding carboxylic acids is 1. The van der Waals surface area contributed by atoms with Crippen molar-refractivity contribution < 1.29 is 4.79 Å². The summed E-state index contributed by atoms with van der Waals surface area (Å²) in [6.45, 7) is 3.47. The van der Waals surface area contributed by atoms with Gasteiger partial charge in [0.2, 0.25) is 5.91 Å². The van der Waals surface area contributed by atoms with E-state index in [2.05, 4.69) is 10.3 Å². The number of rotatable bonds is 7. The van der Waals surface area contributed by atoms with Gasteiger partial charge in [0.1, 0.15) is 0 Å². The van der Waals surface area contributed by atoms with Crippen LogP contribution in [0.3, 0.4) is 0 Å². The average Bonchev–Trinajstić information content (AvgIpc) is 3.32. The van der Waals surface area contributed by atoms with Crippen LogP contribution >= 0.6 is 11.3 Å². The third-order valence-electron chi connectivity index (χ3n) is 4.54. The van der Waals surface area contributed by atoms with Gasteiger partial charge in [-0.3, -0.25) is 18.3 Å². The smallest absolute Gasteiger partial charge is 0.329 e. The highest BCUT2D eigenvalue weighted by Gasteiger charge is 2.13. The fraction of sp³-hybridized carbons (Fsp3) is 0.316. The molecule has 0 saturated carbocycles. The van der Waals surface area contributed by atoms with Crippen LogP contribution in [0.25, 0.3) is 16.0 Å². The first-order valence-corrected chi connectivity index (χ1v) is 9.91. The monoisotopic (exact) mass is 383 g/mol.